The van der Waals surface area contributed by atoms with Crippen molar-refractivity contribution in [2.24, 2.45) is 0 Å². The van der Waals surface area contributed by atoms with Crippen molar-refractivity contribution in [3.63, 3.8) is 0 Å². The molecule has 0 unspecified atom stereocenters. The van der Waals surface area contributed by atoms with Gasteiger partial charge in [-0.25, -0.2) is 0 Å². The van der Waals surface area contributed by atoms with Gasteiger partial charge >= 0.3 is 0 Å². The Morgan fingerprint density at radius 1 is 1.43 bits per heavy atom. The van der Waals surface area contributed by atoms with E-state index in [2.05, 4.69) is 4.98 Å². The van der Waals surface area contributed by atoms with E-state index < -0.39 is 5.78 Å². The second kappa shape index (κ2) is 4.67. The van der Waals surface area contributed by atoms with Crippen LogP contribution < -0.4 is 0 Å². The third-order valence-corrected chi connectivity index (χ3v) is 1.85. The molecule has 4 heteroatoms. The van der Waals surface area contributed by atoms with Gasteiger partial charge in [0.25, 0.3) is 0 Å². The lowest BCUT2D eigenvalue weighted by Gasteiger charge is -1.99. The van der Waals surface area contributed by atoms with Crippen molar-refractivity contribution in [1.29, 1.82) is 0 Å². The molecule has 1 aromatic heterocycles. The lowest BCUT2D eigenvalue weighted by Crippen LogP contribution is -2.11. The average Bonchev–Trinajstić information content (AvgIpc) is 2.19. The number of hydrogen-bond donors (Lipinski definition) is 0. The number of aromatic nitrogens is 1. The predicted molar refractivity (Wildman–Crippen MR) is 53.2 cm³/mol. The van der Waals surface area contributed by atoms with Crippen molar-refractivity contribution in [2.75, 3.05) is 0 Å². The minimum atomic E-state index is -0.451. The number of rotatable bonds is 3. The van der Waals surface area contributed by atoms with Crippen molar-refractivity contribution in [3.8, 4) is 0 Å². The van der Waals surface area contributed by atoms with Crippen LogP contribution in [0.25, 0.3) is 0 Å². The molecular weight excluding hydrogens is 202 g/mol. The van der Waals surface area contributed by atoms with E-state index >= 15 is 0 Å². The normalized spacial score (nSPS) is 11.1. The van der Waals surface area contributed by atoms with Crippen LogP contribution in [0.3, 0.4) is 0 Å². The molecule has 1 aromatic rings. The molecule has 14 heavy (non-hydrogen) atoms. The van der Waals surface area contributed by atoms with Gasteiger partial charge in [-0.3, -0.25) is 14.6 Å². The topological polar surface area (TPSA) is 47.0 Å². The molecule has 0 aromatic carbocycles. The summed E-state index contributed by atoms with van der Waals surface area (Å²) in [6.45, 7) is 1.29. The molecule has 0 radical (unpaired) electrons. The van der Waals surface area contributed by atoms with Crippen LogP contribution in [0, 0.1) is 0 Å². The summed E-state index contributed by atoms with van der Waals surface area (Å²) in [6, 6.07) is 4.90. The Balaban J connectivity index is 3.02. The highest BCUT2D eigenvalue weighted by molar-refractivity contribution is 6.35. The Morgan fingerprint density at radius 3 is 2.57 bits per heavy atom. The standard InChI is InChI=1S/C10H8ClNO2/c1-7(13)8(6-11)10(14)9-4-2-3-5-12-9/h2-6H,1H3. The van der Waals surface area contributed by atoms with Crippen LogP contribution in [0.1, 0.15) is 17.4 Å². The molecule has 0 amide bonds. The molecule has 0 aliphatic heterocycles. The fourth-order valence-electron chi connectivity index (χ4n) is 0.921. The fourth-order valence-corrected chi connectivity index (χ4v) is 1.17. The summed E-state index contributed by atoms with van der Waals surface area (Å²) < 4.78 is 0. The first-order chi connectivity index (χ1) is 6.66. The summed E-state index contributed by atoms with van der Waals surface area (Å²) in [7, 11) is 0. The zero-order chi connectivity index (χ0) is 10.6. The molecule has 1 rings (SSSR count). The molecule has 0 aliphatic carbocycles. The summed E-state index contributed by atoms with van der Waals surface area (Å²) in [5.41, 5.74) is 1.15. The van der Waals surface area contributed by atoms with Crippen molar-refractivity contribution in [2.45, 2.75) is 6.92 Å². The summed E-state index contributed by atoms with van der Waals surface area (Å²) in [4.78, 5) is 26.4. The van der Waals surface area contributed by atoms with Gasteiger partial charge < -0.3 is 0 Å². The smallest absolute Gasteiger partial charge is 0.215 e. The van der Waals surface area contributed by atoms with Gasteiger partial charge in [0.05, 0.1) is 5.57 Å². The Kier molecular flexibility index (Phi) is 3.54. The van der Waals surface area contributed by atoms with E-state index in [1.54, 1.807) is 12.1 Å². The minimum absolute atomic E-state index is 0.0506. The molecule has 0 saturated carbocycles. The molecule has 0 atom stereocenters. The van der Waals surface area contributed by atoms with Crippen molar-refractivity contribution in [3.05, 3.63) is 41.2 Å². The highest BCUT2D eigenvalue weighted by Crippen LogP contribution is 2.07. The second-order valence-corrected chi connectivity index (χ2v) is 2.84. The number of pyridine rings is 1. The molecule has 3 nitrogen and oxygen atoms in total. The summed E-state index contributed by atoms with van der Waals surface area (Å²) in [5.74, 6) is -0.816. The van der Waals surface area contributed by atoms with Gasteiger partial charge in [-0.2, -0.15) is 0 Å². The van der Waals surface area contributed by atoms with Crippen molar-refractivity contribution >= 4 is 23.2 Å². The molecule has 0 aliphatic rings. The zero-order valence-electron chi connectivity index (χ0n) is 7.53. The SMILES string of the molecule is CC(=O)C(=CCl)C(=O)c1ccccn1. The Morgan fingerprint density at radius 2 is 2.14 bits per heavy atom. The highest BCUT2D eigenvalue weighted by Gasteiger charge is 2.16. The van der Waals surface area contributed by atoms with Crippen molar-refractivity contribution < 1.29 is 9.59 Å². The Bertz CT molecular complexity index is 384. The van der Waals surface area contributed by atoms with Gasteiger partial charge in [0.15, 0.2) is 5.78 Å². The number of hydrogen-bond acceptors (Lipinski definition) is 3. The first-order valence-electron chi connectivity index (χ1n) is 3.94. The molecule has 0 spiro atoms. The molecule has 1 heterocycles. The molecule has 0 bridgehead atoms. The number of nitrogens with zero attached hydrogens (tertiary/aromatic N) is 1. The van der Waals surface area contributed by atoms with E-state index in [-0.39, 0.29) is 17.1 Å². The van der Waals surface area contributed by atoms with Crippen LogP contribution in [-0.4, -0.2) is 16.6 Å². The van der Waals surface area contributed by atoms with Gasteiger partial charge in [-0.15, -0.1) is 0 Å². The maximum Gasteiger partial charge on any atom is 0.215 e. The maximum absolute atomic E-state index is 11.6. The van der Waals surface area contributed by atoms with E-state index in [0.29, 0.717) is 0 Å². The van der Waals surface area contributed by atoms with E-state index in [9.17, 15) is 9.59 Å². The van der Waals surface area contributed by atoms with E-state index in [4.69, 9.17) is 11.6 Å². The first-order valence-corrected chi connectivity index (χ1v) is 4.37. The van der Waals surface area contributed by atoms with Crippen LogP contribution in [-0.2, 0) is 4.79 Å². The number of halogens is 1. The lowest BCUT2D eigenvalue weighted by atomic mass is 10.1. The monoisotopic (exact) mass is 209 g/mol. The molecular formula is C10H8ClNO2. The number of carbonyl (C=O) groups excluding carboxylic acids is 2. The van der Waals surface area contributed by atoms with Crippen LogP contribution in [0.2, 0.25) is 0 Å². The third kappa shape index (κ3) is 2.26. The third-order valence-electron chi connectivity index (χ3n) is 1.63. The minimum Gasteiger partial charge on any atom is -0.294 e. The average molecular weight is 210 g/mol. The van der Waals surface area contributed by atoms with Gasteiger partial charge in [0.1, 0.15) is 5.69 Å². The molecule has 0 N–H and O–H groups in total. The van der Waals surface area contributed by atoms with Crippen LogP contribution in [0.5, 0.6) is 0 Å². The van der Waals surface area contributed by atoms with Gasteiger partial charge in [-0.05, 0) is 19.1 Å². The molecule has 0 fully saturated rings. The van der Waals surface area contributed by atoms with Gasteiger partial charge in [-0.1, -0.05) is 17.7 Å². The summed E-state index contributed by atoms with van der Waals surface area (Å²) >= 11 is 5.38. The van der Waals surface area contributed by atoms with E-state index in [0.717, 1.165) is 5.54 Å². The van der Waals surface area contributed by atoms with E-state index in [1.807, 2.05) is 0 Å². The van der Waals surface area contributed by atoms with Crippen molar-refractivity contribution in [1.82, 2.24) is 4.98 Å². The van der Waals surface area contributed by atoms with Crippen LogP contribution >= 0.6 is 11.6 Å². The van der Waals surface area contributed by atoms with E-state index in [1.165, 1.54) is 19.2 Å². The fraction of sp³-hybridized carbons (Fsp3) is 0.100. The lowest BCUT2D eigenvalue weighted by molar-refractivity contribution is -0.113. The number of allylic oxidation sites excluding steroid dienone is 1. The Hall–Kier alpha value is -1.48. The predicted octanol–water partition coefficient (Wildman–Crippen LogP) is 1.98. The number of carbonyl (C=O) groups is 2. The number of Topliss-reactive ketones (excluding diaryl/α,β-unsaturated/α-hetero) is 2. The first kappa shape index (κ1) is 10.6. The summed E-state index contributed by atoms with van der Waals surface area (Å²) in [5, 5.41) is 0. The number of ketones is 2. The summed E-state index contributed by atoms with van der Waals surface area (Å²) in [6.07, 6.45) is 1.49. The van der Waals surface area contributed by atoms with Gasteiger partial charge in [0, 0.05) is 11.7 Å². The highest BCUT2D eigenvalue weighted by atomic mass is 35.5. The quantitative estimate of drug-likeness (QED) is 0.331. The molecule has 72 valence electrons. The Labute approximate surface area is 86.4 Å². The van der Waals surface area contributed by atoms with Crippen LogP contribution in [0.15, 0.2) is 35.5 Å². The maximum atomic E-state index is 11.6. The second-order valence-electron chi connectivity index (χ2n) is 2.62. The van der Waals surface area contributed by atoms with Gasteiger partial charge in [0.2, 0.25) is 5.78 Å². The molecule has 0 saturated heterocycles. The van der Waals surface area contributed by atoms with Crippen LogP contribution in [0.4, 0.5) is 0 Å². The zero-order valence-corrected chi connectivity index (χ0v) is 8.28. The largest absolute Gasteiger partial charge is 0.294 e.